The lowest BCUT2D eigenvalue weighted by atomic mass is 10.2. The molecule has 0 aliphatic carbocycles. The van der Waals surface area contributed by atoms with E-state index in [2.05, 4.69) is 58.1 Å². The molecule has 0 aliphatic rings. The lowest BCUT2D eigenvalue weighted by molar-refractivity contribution is -0.121. The molecule has 0 aromatic heterocycles. The number of amides is 1. The number of carbonyl (C=O) groups is 1. The van der Waals surface area contributed by atoms with E-state index < -0.39 is 8.80 Å². The van der Waals surface area contributed by atoms with E-state index in [1.165, 1.54) is 10.8 Å². The maximum absolute atomic E-state index is 12.0. The highest BCUT2D eigenvalue weighted by Crippen LogP contribution is 2.22. The van der Waals surface area contributed by atoms with E-state index in [4.69, 9.17) is 4.74 Å². The quantitative estimate of drug-likeness (QED) is 0.644. The van der Waals surface area contributed by atoms with E-state index in [-0.39, 0.29) is 5.91 Å². The summed E-state index contributed by atoms with van der Waals surface area (Å²) in [7, 11) is -0.589. The third-order valence-electron chi connectivity index (χ3n) is 4.68. The van der Waals surface area contributed by atoms with Crippen LogP contribution in [0.25, 0.3) is 0 Å². The molecule has 2 aromatic carbocycles. The zero-order chi connectivity index (χ0) is 19.8. The molecule has 0 saturated carbocycles. The van der Waals surface area contributed by atoms with Gasteiger partial charge >= 0.3 is 0 Å². The van der Waals surface area contributed by atoms with Gasteiger partial charge in [0.05, 0.1) is 21.8 Å². The standard InChI is InChI=1S/C23H32NO2Si/c1-17(2)27(18(3)4)22-12-11-21(15-19(22)5)26-14-13-23(25)24-16-20-9-7-6-8-10-20/h6-12,15,17-18H,13-14,16H2,1-5H3,(H,24,25). The largest absolute Gasteiger partial charge is 0.493 e. The van der Waals surface area contributed by atoms with Crippen molar-refractivity contribution < 1.29 is 9.53 Å². The summed E-state index contributed by atoms with van der Waals surface area (Å²) in [5.74, 6) is 0.860. The Balaban J connectivity index is 1.84. The van der Waals surface area contributed by atoms with E-state index in [0.717, 1.165) is 11.3 Å². The van der Waals surface area contributed by atoms with Gasteiger partial charge in [0.15, 0.2) is 0 Å². The van der Waals surface area contributed by atoms with Crippen LogP contribution >= 0.6 is 0 Å². The summed E-state index contributed by atoms with van der Waals surface area (Å²) in [6.45, 7) is 12.4. The molecule has 0 atom stereocenters. The third kappa shape index (κ3) is 6.54. The fourth-order valence-electron chi connectivity index (χ4n) is 3.48. The molecule has 2 rings (SSSR count). The Morgan fingerprint density at radius 3 is 2.30 bits per heavy atom. The van der Waals surface area contributed by atoms with Gasteiger partial charge in [-0.25, -0.2) is 0 Å². The average molecular weight is 383 g/mol. The van der Waals surface area contributed by atoms with Gasteiger partial charge in [-0.05, 0) is 41.3 Å². The number of ether oxygens (including phenoxy) is 1. The molecule has 4 heteroatoms. The third-order valence-corrected chi connectivity index (χ3v) is 8.35. The molecule has 27 heavy (non-hydrogen) atoms. The second-order valence-corrected chi connectivity index (χ2v) is 11.4. The first-order valence-corrected chi connectivity index (χ1v) is 11.4. The molecule has 1 radical (unpaired) electrons. The molecule has 1 amide bonds. The molecule has 0 fully saturated rings. The van der Waals surface area contributed by atoms with Crippen molar-refractivity contribution in [2.45, 2.75) is 58.7 Å². The van der Waals surface area contributed by atoms with Gasteiger partial charge in [-0.1, -0.05) is 69.3 Å². The summed E-state index contributed by atoms with van der Waals surface area (Å²) in [4.78, 5) is 12.0. The number of nitrogens with one attached hydrogen (secondary N) is 1. The van der Waals surface area contributed by atoms with Crippen LogP contribution in [0.2, 0.25) is 11.1 Å². The van der Waals surface area contributed by atoms with Crippen LogP contribution in [0.3, 0.4) is 0 Å². The molecule has 0 spiro atoms. The Hall–Kier alpha value is -2.07. The molecule has 0 saturated heterocycles. The van der Waals surface area contributed by atoms with Gasteiger partial charge in [0.25, 0.3) is 0 Å². The van der Waals surface area contributed by atoms with Crippen molar-refractivity contribution in [3.63, 3.8) is 0 Å². The Morgan fingerprint density at radius 1 is 1.04 bits per heavy atom. The summed E-state index contributed by atoms with van der Waals surface area (Å²) in [6.07, 6.45) is 0.362. The van der Waals surface area contributed by atoms with Gasteiger partial charge in [-0.3, -0.25) is 4.79 Å². The number of carbonyl (C=O) groups excluding carboxylic acids is 1. The van der Waals surface area contributed by atoms with E-state index in [1.807, 2.05) is 30.3 Å². The predicted octanol–water partition coefficient (Wildman–Crippen LogP) is 4.60. The van der Waals surface area contributed by atoms with Gasteiger partial charge in [0.2, 0.25) is 5.91 Å². The maximum Gasteiger partial charge on any atom is 0.223 e. The first kappa shape index (κ1) is 21.2. The van der Waals surface area contributed by atoms with E-state index in [1.54, 1.807) is 0 Å². The van der Waals surface area contributed by atoms with Crippen LogP contribution in [0.1, 0.15) is 45.2 Å². The molecule has 3 nitrogen and oxygen atoms in total. The lowest BCUT2D eigenvalue weighted by Crippen LogP contribution is -2.37. The van der Waals surface area contributed by atoms with Crippen LogP contribution in [0.4, 0.5) is 0 Å². The van der Waals surface area contributed by atoms with Gasteiger partial charge < -0.3 is 10.1 Å². The van der Waals surface area contributed by atoms with Crippen LogP contribution in [-0.2, 0) is 11.3 Å². The first-order chi connectivity index (χ1) is 12.9. The fraction of sp³-hybridized carbons (Fsp3) is 0.435. The summed E-state index contributed by atoms with van der Waals surface area (Å²) >= 11 is 0. The van der Waals surface area contributed by atoms with Gasteiger partial charge in [-0.2, -0.15) is 0 Å². The minimum atomic E-state index is -0.589. The zero-order valence-electron chi connectivity index (χ0n) is 17.2. The monoisotopic (exact) mass is 382 g/mol. The topological polar surface area (TPSA) is 38.3 Å². The van der Waals surface area contributed by atoms with Crippen LogP contribution in [0, 0.1) is 6.92 Å². The maximum atomic E-state index is 12.0. The van der Waals surface area contributed by atoms with Crippen molar-refractivity contribution in [3.8, 4) is 5.75 Å². The summed E-state index contributed by atoms with van der Waals surface area (Å²) in [5.41, 5.74) is 3.81. The van der Waals surface area contributed by atoms with E-state index >= 15 is 0 Å². The molecule has 0 bridgehead atoms. The molecular weight excluding hydrogens is 350 g/mol. The number of hydrogen-bond acceptors (Lipinski definition) is 2. The van der Waals surface area contributed by atoms with Crippen molar-refractivity contribution >= 4 is 19.9 Å². The van der Waals surface area contributed by atoms with Crippen LogP contribution in [0.15, 0.2) is 48.5 Å². The predicted molar refractivity (Wildman–Crippen MR) is 115 cm³/mol. The van der Waals surface area contributed by atoms with Crippen molar-refractivity contribution in [1.82, 2.24) is 5.32 Å². The Morgan fingerprint density at radius 2 is 1.70 bits per heavy atom. The molecule has 2 aromatic rings. The SMILES string of the molecule is Cc1cc(OCCC(=O)NCc2ccccc2)ccc1[Si](C(C)C)C(C)C. The highest BCUT2D eigenvalue weighted by Gasteiger charge is 2.23. The zero-order valence-corrected chi connectivity index (χ0v) is 18.2. The summed E-state index contributed by atoms with van der Waals surface area (Å²) < 4.78 is 5.82. The van der Waals surface area contributed by atoms with Gasteiger partial charge in [0, 0.05) is 6.54 Å². The molecule has 145 valence electrons. The summed E-state index contributed by atoms with van der Waals surface area (Å²) in [6, 6.07) is 16.3. The minimum absolute atomic E-state index is 0.0114. The minimum Gasteiger partial charge on any atom is -0.493 e. The molecule has 0 aliphatic heterocycles. The van der Waals surface area contributed by atoms with Crippen molar-refractivity contribution in [2.75, 3.05) is 6.61 Å². The molecule has 0 heterocycles. The Bertz CT molecular complexity index is 720. The number of rotatable bonds is 9. The smallest absolute Gasteiger partial charge is 0.223 e. The number of benzene rings is 2. The van der Waals surface area contributed by atoms with Crippen LogP contribution in [0.5, 0.6) is 5.75 Å². The Labute approximate surface area is 165 Å². The van der Waals surface area contributed by atoms with Crippen LogP contribution < -0.4 is 15.2 Å². The molecular formula is C23H32NO2Si. The van der Waals surface area contributed by atoms with Crippen molar-refractivity contribution in [3.05, 3.63) is 59.7 Å². The first-order valence-electron chi connectivity index (χ1n) is 9.79. The normalized spacial score (nSPS) is 11.3. The fourth-order valence-corrected chi connectivity index (χ4v) is 6.87. The highest BCUT2D eigenvalue weighted by atomic mass is 28.3. The number of hydrogen-bond donors (Lipinski definition) is 1. The Kier molecular flexibility index (Phi) is 8.11. The molecule has 0 unspecified atom stereocenters. The van der Waals surface area contributed by atoms with Crippen molar-refractivity contribution in [1.29, 1.82) is 0 Å². The second-order valence-electron chi connectivity index (χ2n) is 7.60. The lowest BCUT2D eigenvalue weighted by Gasteiger charge is -2.25. The van der Waals surface area contributed by atoms with Gasteiger partial charge in [0.1, 0.15) is 5.75 Å². The highest BCUT2D eigenvalue weighted by molar-refractivity contribution is 6.76. The average Bonchev–Trinajstić information content (AvgIpc) is 2.62. The van der Waals surface area contributed by atoms with E-state index in [0.29, 0.717) is 30.7 Å². The van der Waals surface area contributed by atoms with E-state index in [9.17, 15) is 4.79 Å². The second kappa shape index (κ2) is 10.3. The summed E-state index contributed by atoms with van der Waals surface area (Å²) in [5, 5.41) is 4.43. The van der Waals surface area contributed by atoms with Crippen molar-refractivity contribution in [2.24, 2.45) is 0 Å². The number of aryl methyl sites for hydroxylation is 1. The molecule has 1 N–H and O–H groups in total. The van der Waals surface area contributed by atoms with Gasteiger partial charge in [-0.15, -0.1) is 0 Å². The van der Waals surface area contributed by atoms with Crippen LogP contribution in [-0.4, -0.2) is 21.3 Å².